The van der Waals surface area contributed by atoms with Gasteiger partial charge < -0.3 is 10.1 Å². The number of H-pyrrole nitrogens is 1. The Labute approximate surface area is 92.9 Å². The summed E-state index contributed by atoms with van der Waals surface area (Å²) in [6, 6.07) is 7.98. The van der Waals surface area contributed by atoms with Gasteiger partial charge >= 0.3 is 0 Å². The van der Waals surface area contributed by atoms with E-state index in [9.17, 15) is 0 Å². The average Bonchev–Trinajstić information content (AvgIpc) is 2.59. The molecule has 1 unspecified atom stereocenters. The SMILES string of the molecule is CC(O)CCSc1nc2ccccc2[nH]1. The molecule has 1 heterocycles. The van der Waals surface area contributed by atoms with E-state index in [4.69, 9.17) is 5.11 Å². The summed E-state index contributed by atoms with van der Waals surface area (Å²) in [5.41, 5.74) is 2.06. The van der Waals surface area contributed by atoms with Gasteiger partial charge in [0, 0.05) is 5.75 Å². The topological polar surface area (TPSA) is 48.9 Å². The number of hydrogen-bond acceptors (Lipinski definition) is 3. The monoisotopic (exact) mass is 222 g/mol. The summed E-state index contributed by atoms with van der Waals surface area (Å²) in [5, 5.41) is 10.1. The number of imidazole rings is 1. The predicted octanol–water partition coefficient (Wildman–Crippen LogP) is 2.43. The zero-order chi connectivity index (χ0) is 10.7. The Morgan fingerprint density at radius 2 is 2.27 bits per heavy atom. The minimum atomic E-state index is -0.234. The first-order valence-corrected chi connectivity index (χ1v) is 6.00. The number of nitrogens with one attached hydrogen (secondary N) is 1. The number of aliphatic hydroxyl groups is 1. The number of thioether (sulfide) groups is 1. The summed E-state index contributed by atoms with van der Waals surface area (Å²) >= 11 is 1.65. The first-order chi connectivity index (χ1) is 7.25. The lowest BCUT2D eigenvalue weighted by molar-refractivity contribution is 0.192. The Hall–Kier alpha value is -1.00. The van der Waals surface area contributed by atoms with Crippen molar-refractivity contribution in [2.24, 2.45) is 0 Å². The van der Waals surface area contributed by atoms with Crippen LogP contribution in [0, 0.1) is 0 Å². The van der Waals surface area contributed by atoms with Crippen LogP contribution in [-0.2, 0) is 0 Å². The van der Waals surface area contributed by atoms with Crippen molar-refractivity contribution < 1.29 is 5.11 Å². The number of aromatic amines is 1. The van der Waals surface area contributed by atoms with Crippen LogP contribution >= 0.6 is 11.8 Å². The van der Waals surface area contributed by atoms with E-state index in [2.05, 4.69) is 9.97 Å². The van der Waals surface area contributed by atoms with E-state index < -0.39 is 0 Å². The van der Waals surface area contributed by atoms with E-state index in [0.29, 0.717) is 0 Å². The fourth-order valence-electron chi connectivity index (χ4n) is 1.32. The molecule has 2 rings (SSSR count). The Morgan fingerprint density at radius 1 is 1.47 bits per heavy atom. The van der Waals surface area contributed by atoms with Gasteiger partial charge in [-0.25, -0.2) is 4.98 Å². The van der Waals surface area contributed by atoms with Crippen LogP contribution in [0.15, 0.2) is 29.4 Å². The molecular formula is C11H14N2OS. The molecule has 0 amide bonds. The fourth-order valence-corrected chi connectivity index (χ4v) is 2.32. The van der Waals surface area contributed by atoms with Crippen LogP contribution in [0.2, 0.25) is 0 Å². The molecular weight excluding hydrogens is 208 g/mol. The van der Waals surface area contributed by atoms with Gasteiger partial charge in [0.15, 0.2) is 5.16 Å². The molecule has 0 aliphatic heterocycles. The number of aromatic nitrogens is 2. The molecule has 0 saturated carbocycles. The number of aliphatic hydroxyl groups excluding tert-OH is 1. The third-order valence-electron chi connectivity index (χ3n) is 2.14. The number of benzene rings is 1. The van der Waals surface area contributed by atoms with Gasteiger partial charge in [-0.3, -0.25) is 0 Å². The maximum atomic E-state index is 9.13. The average molecular weight is 222 g/mol. The molecule has 1 aromatic carbocycles. The first-order valence-electron chi connectivity index (χ1n) is 5.01. The van der Waals surface area contributed by atoms with Crippen molar-refractivity contribution in [3.05, 3.63) is 24.3 Å². The quantitative estimate of drug-likeness (QED) is 0.781. The third kappa shape index (κ3) is 2.73. The van der Waals surface area contributed by atoms with Gasteiger partial charge in [-0.2, -0.15) is 0 Å². The second kappa shape index (κ2) is 4.68. The van der Waals surface area contributed by atoms with Gasteiger partial charge in [-0.1, -0.05) is 23.9 Å². The molecule has 3 nitrogen and oxygen atoms in total. The predicted molar refractivity (Wildman–Crippen MR) is 63.1 cm³/mol. The van der Waals surface area contributed by atoms with E-state index in [1.165, 1.54) is 0 Å². The van der Waals surface area contributed by atoms with E-state index in [1.54, 1.807) is 18.7 Å². The maximum Gasteiger partial charge on any atom is 0.166 e. The standard InChI is InChI=1S/C11H14N2OS/c1-8(14)6-7-15-11-12-9-4-2-3-5-10(9)13-11/h2-5,8,14H,6-7H2,1H3,(H,12,13). The molecule has 0 aliphatic carbocycles. The molecule has 1 aromatic heterocycles. The largest absolute Gasteiger partial charge is 0.393 e. The van der Waals surface area contributed by atoms with Crippen LogP contribution in [0.4, 0.5) is 0 Å². The lowest BCUT2D eigenvalue weighted by atomic mass is 10.3. The summed E-state index contributed by atoms with van der Waals surface area (Å²) in [4.78, 5) is 7.67. The highest BCUT2D eigenvalue weighted by atomic mass is 32.2. The van der Waals surface area contributed by atoms with E-state index in [-0.39, 0.29) is 6.10 Å². The number of hydrogen-bond donors (Lipinski definition) is 2. The van der Waals surface area contributed by atoms with Crippen LogP contribution in [0.1, 0.15) is 13.3 Å². The number of fused-ring (bicyclic) bond motifs is 1. The zero-order valence-electron chi connectivity index (χ0n) is 8.60. The van der Waals surface area contributed by atoms with Crippen molar-refractivity contribution in [2.45, 2.75) is 24.6 Å². The summed E-state index contributed by atoms with van der Waals surface area (Å²) in [6.07, 6.45) is 0.559. The van der Waals surface area contributed by atoms with Crippen molar-refractivity contribution in [1.82, 2.24) is 9.97 Å². The highest BCUT2D eigenvalue weighted by Crippen LogP contribution is 2.19. The van der Waals surface area contributed by atoms with Gasteiger partial charge in [0.2, 0.25) is 0 Å². The zero-order valence-corrected chi connectivity index (χ0v) is 9.42. The Balaban J connectivity index is 2.03. The normalized spacial score (nSPS) is 13.2. The van der Waals surface area contributed by atoms with Crippen molar-refractivity contribution in [2.75, 3.05) is 5.75 Å². The van der Waals surface area contributed by atoms with Gasteiger partial charge in [-0.15, -0.1) is 0 Å². The van der Waals surface area contributed by atoms with E-state index in [0.717, 1.165) is 28.4 Å². The minimum absolute atomic E-state index is 0.234. The number of nitrogens with zero attached hydrogens (tertiary/aromatic N) is 1. The number of rotatable bonds is 4. The molecule has 0 spiro atoms. The summed E-state index contributed by atoms with van der Waals surface area (Å²) in [6.45, 7) is 1.80. The highest BCUT2D eigenvalue weighted by molar-refractivity contribution is 7.99. The van der Waals surface area contributed by atoms with Crippen LogP contribution in [0.25, 0.3) is 11.0 Å². The lowest BCUT2D eigenvalue weighted by Crippen LogP contribution is -2.00. The molecule has 0 radical (unpaired) electrons. The van der Waals surface area contributed by atoms with Crippen molar-refractivity contribution in [3.8, 4) is 0 Å². The van der Waals surface area contributed by atoms with Crippen molar-refractivity contribution in [3.63, 3.8) is 0 Å². The molecule has 80 valence electrons. The summed E-state index contributed by atoms with van der Waals surface area (Å²) < 4.78 is 0. The molecule has 0 bridgehead atoms. The number of para-hydroxylation sites is 2. The molecule has 2 aromatic rings. The summed E-state index contributed by atoms with van der Waals surface area (Å²) in [7, 11) is 0. The molecule has 0 fully saturated rings. The van der Waals surface area contributed by atoms with E-state index >= 15 is 0 Å². The van der Waals surface area contributed by atoms with Crippen molar-refractivity contribution in [1.29, 1.82) is 0 Å². The molecule has 0 aliphatic rings. The molecule has 1 atom stereocenters. The molecule has 15 heavy (non-hydrogen) atoms. The maximum absolute atomic E-state index is 9.13. The second-order valence-electron chi connectivity index (χ2n) is 3.55. The van der Waals surface area contributed by atoms with Gasteiger partial charge in [-0.05, 0) is 25.5 Å². The second-order valence-corrected chi connectivity index (χ2v) is 4.63. The van der Waals surface area contributed by atoms with Gasteiger partial charge in [0.1, 0.15) is 0 Å². The Kier molecular flexibility index (Phi) is 3.28. The Bertz CT molecular complexity index is 406. The molecule has 4 heteroatoms. The first kappa shape index (κ1) is 10.5. The van der Waals surface area contributed by atoms with E-state index in [1.807, 2.05) is 24.3 Å². The summed E-state index contributed by atoms with van der Waals surface area (Å²) in [5.74, 6) is 0.886. The molecule has 0 saturated heterocycles. The minimum Gasteiger partial charge on any atom is -0.393 e. The Morgan fingerprint density at radius 3 is 3.00 bits per heavy atom. The fraction of sp³-hybridized carbons (Fsp3) is 0.364. The molecule has 2 N–H and O–H groups in total. The van der Waals surface area contributed by atoms with Crippen LogP contribution in [0.3, 0.4) is 0 Å². The third-order valence-corrected chi connectivity index (χ3v) is 3.05. The van der Waals surface area contributed by atoms with Crippen LogP contribution in [-0.4, -0.2) is 26.9 Å². The van der Waals surface area contributed by atoms with Crippen molar-refractivity contribution >= 4 is 22.8 Å². The highest BCUT2D eigenvalue weighted by Gasteiger charge is 2.03. The lowest BCUT2D eigenvalue weighted by Gasteiger charge is -2.00. The smallest absolute Gasteiger partial charge is 0.166 e. The van der Waals surface area contributed by atoms with Gasteiger partial charge in [0.25, 0.3) is 0 Å². The van der Waals surface area contributed by atoms with Crippen LogP contribution in [0.5, 0.6) is 0 Å². The van der Waals surface area contributed by atoms with Gasteiger partial charge in [0.05, 0.1) is 17.1 Å². The van der Waals surface area contributed by atoms with Crippen LogP contribution < -0.4 is 0 Å².